The van der Waals surface area contributed by atoms with Crippen molar-refractivity contribution in [3.8, 4) is 0 Å². The van der Waals surface area contributed by atoms with E-state index in [0.29, 0.717) is 0 Å². The zero-order valence-electron chi connectivity index (χ0n) is 10.9. The van der Waals surface area contributed by atoms with Crippen molar-refractivity contribution in [2.45, 2.75) is 13.8 Å². The van der Waals surface area contributed by atoms with E-state index in [9.17, 15) is 9.59 Å². The van der Waals surface area contributed by atoms with Gasteiger partial charge in [-0.15, -0.1) is 13.2 Å². The molecule has 0 saturated carbocycles. The lowest BCUT2D eigenvalue weighted by atomic mass is 9.67. The van der Waals surface area contributed by atoms with Gasteiger partial charge in [-0.1, -0.05) is 26.0 Å². The molecule has 0 bridgehead atoms. The molecule has 4 heteroatoms. The maximum atomic E-state index is 12.0. The van der Waals surface area contributed by atoms with Gasteiger partial charge in [-0.3, -0.25) is 9.59 Å². The highest BCUT2D eigenvalue weighted by Crippen LogP contribution is 2.40. The number of hydrogen-bond donors (Lipinski definition) is 0. The Morgan fingerprint density at radius 1 is 1.00 bits per heavy atom. The van der Waals surface area contributed by atoms with E-state index in [0.717, 1.165) is 0 Å². The lowest BCUT2D eigenvalue weighted by Crippen LogP contribution is -2.50. The summed E-state index contributed by atoms with van der Waals surface area (Å²) < 4.78 is 9.50. The van der Waals surface area contributed by atoms with Crippen LogP contribution < -0.4 is 0 Å². The quantitative estimate of drug-likeness (QED) is 0.404. The van der Waals surface area contributed by atoms with Gasteiger partial charge >= 0.3 is 11.9 Å². The van der Waals surface area contributed by atoms with Gasteiger partial charge in [0.25, 0.3) is 0 Å². The molecule has 0 rings (SSSR count). The van der Waals surface area contributed by atoms with Crippen molar-refractivity contribution >= 4 is 11.9 Å². The molecule has 17 heavy (non-hydrogen) atoms. The Labute approximate surface area is 102 Å². The average molecular weight is 240 g/mol. The Bertz CT molecular complexity index is 287. The number of carbonyl (C=O) groups excluding carboxylic acids is 2. The highest BCUT2D eigenvalue weighted by molar-refractivity contribution is 6.01. The molecule has 2 atom stereocenters. The summed E-state index contributed by atoms with van der Waals surface area (Å²) in [6.07, 6.45) is 3.07. The normalized spacial score (nSPS) is 14.4. The van der Waals surface area contributed by atoms with Gasteiger partial charge in [0.2, 0.25) is 0 Å². The second-order valence-corrected chi connectivity index (χ2v) is 3.90. The third-order valence-electron chi connectivity index (χ3n) is 3.19. The van der Waals surface area contributed by atoms with E-state index in [4.69, 9.17) is 9.47 Å². The Kier molecular flexibility index (Phi) is 5.65. The van der Waals surface area contributed by atoms with Gasteiger partial charge < -0.3 is 9.47 Å². The van der Waals surface area contributed by atoms with Crippen molar-refractivity contribution in [2.75, 3.05) is 14.2 Å². The Morgan fingerprint density at radius 3 is 1.47 bits per heavy atom. The van der Waals surface area contributed by atoms with E-state index in [1.54, 1.807) is 13.8 Å². The summed E-state index contributed by atoms with van der Waals surface area (Å²) >= 11 is 0. The minimum absolute atomic E-state index is 0.421. The van der Waals surface area contributed by atoms with Crippen LogP contribution in [0.1, 0.15) is 13.8 Å². The highest BCUT2D eigenvalue weighted by Gasteiger charge is 2.54. The molecule has 4 nitrogen and oxygen atoms in total. The van der Waals surface area contributed by atoms with Gasteiger partial charge in [-0.25, -0.2) is 0 Å². The van der Waals surface area contributed by atoms with E-state index < -0.39 is 29.2 Å². The fourth-order valence-corrected chi connectivity index (χ4v) is 1.95. The van der Waals surface area contributed by atoms with Crippen molar-refractivity contribution in [1.29, 1.82) is 0 Å². The second-order valence-electron chi connectivity index (χ2n) is 3.90. The summed E-state index contributed by atoms with van der Waals surface area (Å²) in [6, 6.07) is 0. The molecule has 0 fully saturated rings. The molecule has 0 N–H and O–H groups in total. The van der Waals surface area contributed by atoms with Crippen LogP contribution in [0.4, 0.5) is 0 Å². The first kappa shape index (κ1) is 15.4. The number of methoxy groups -OCH3 is 2. The SMILES string of the molecule is C=C[C@@H](C)C(C(=O)OC)(C(=O)OC)[C@H](C)C=C. The standard InChI is InChI=1S/C13H20O4/c1-7-9(3)13(10(4)8-2,11(14)16-5)12(15)17-6/h7-10H,1-2H2,3-6H3/t9-,10-/m1/s1. The van der Waals surface area contributed by atoms with Crippen LogP contribution in [0.25, 0.3) is 0 Å². The molecule has 0 aliphatic rings. The third kappa shape index (κ3) is 2.40. The fraction of sp³-hybridized carbons (Fsp3) is 0.538. The molecular formula is C13H20O4. The predicted molar refractivity (Wildman–Crippen MR) is 65.2 cm³/mol. The van der Waals surface area contributed by atoms with Crippen LogP contribution in [0.2, 0.25) is 0 Å². The van der Waals surface area contributed by atoms with Crippen molar-refractivity contribution in [1.82, 2.24) is 0 Å². The van der Waals surface area contributed by atoms with Crippen LogP contribution in [0, 0.1) is 17.3 Å². The molecule has 0 aliphatic carbocycles. The molecule has 0 aromatic carbocycles. The molecular weight excluding hydrogens is 220 g/mol. The van der Waals surface area contributed by atoms with Crippen molar-refractivity contribution in [3.63, 3.8) is 0 Å². The molecule has 0 radical (unpaired) electrons. The molecule has 0 aliphatic heterocycles. The predicted octanol–water partition coefficient (Wildman–Crippen LogP) is 1.96. The number of rotatable bonds is 6. The van der Waals surface area contributed by atoms with Crippen LogP contribution >= 0.6 is 0 Å². The van der Waals surface area contributed by atoms with E-state index in [1.165, 1.54) is 26.4 Å². The van der Waals surface area contributed by atoms with E-state index in [2.05, 4.69) is 13.2 Å². The minimum Gasteiger partial charge on any atom is -0.468 e. The van der Waals surface area contributed by atoms with E-state index in [1.807, 2.05) is 0 Å². The van der Waals surface area contributed by atoms with Crippen LogP contribution in [0.3, 0.4) is 0 Å². The number of allylic oxidation sites excluding steroid dienone is 2. The number of hydrogen-bond acceptors (Lipinski definition) is 4. The first-order chi connectivity index (χ1) is 7.93. The van der Waals surface area contributed by atoms with Crippen LogP contribution in [-0.2, 0) is 19.1 Å². The third-order valence-corrected chi connectivity index (χ3v) is 3.19. The first-order valence-electron chi connectivity index (χ1n) is 5.35. The lowest BCUT2D eigenvalue weighted by Gasteiger charge is -2.35. The van der Waals surface area contributed by atoms with Gasteiger partial charge in [0.05, 0.1) is 14.2 Å². The topological polar surface area (TPSA) is 52.6 Å². The van der Waals surface area contributed by atoms with Crippen LogP contribution in [-0.4, -0.2) is 26.2 Å². The summed E-state index contributed by atoms with van der Waals surface area (Å²) in [5.41, 5.74) is -1.42. The molecule has 0 unspecified atom stereocenters. The van der Waals surface area contributed by atoms with Gasteiger partial charge in [0, 0.05) is 11.8 Å². The van der Waals surface area contributed by atoms with Crippen molar-refractivity contribution in [3.05, 3.63) is 25.3 Å². The maximum Gasteiger partial charge on any atom is 0.324 e. The molecule has 0 amide bonds. The van der Waals surface area contributed by atoms with Crippen molar-refractivity contribution in [2.24, 2.45) is 17.3 Å². The lowest BCUT2D eigenvalue weighted by molar-refractivity contribution is -0.175. The minimum atomic E-state index is -1.42. The fourth-order valence-electron chi connectivity index (χ4n) is 1.95. The summed E-state index contributed by atoms with van der Waals surface area (Å²) in [5.74, 6) is -2.11. The number of esters is 2. The largest absolute Gasteiger partial charge is 0.468 e. The molecule has 0 aromatic heterocycles. The van der Waals surface area contributed by atoms with Crippen LogP contribution in [0.15, 0.2) is 25.3 Å². The number of ether oxygens (including phenoxy) is 2. The Morgan fingerprint density at radius 2 is 1.29 bits per heavy atom. The highest BCUT2D eigenvalue weighted by atomic mass is 16.5. The summed E-state index contributed by atoms with van der Waals surface area (Å²) in [6.45, 7) is 10.7. The maximum absolute atomic E-state index is 12.0. The van der Waals surface area contributed by atoms with Gasteiger partial charge in [-0.05, 0) is 0 Å². The van der Waals surface area contributed by atoms with E-state index in [-0.39, 0.29) is 0 Å². The molecule has 0 spiro atoms. The van der Waals surface area contributed by atoms with Gasteiger partial charge in [-0.2, -0.15) is 0 Å². The van der Waals surface area contributed by atoms with E-state index >= 15 is 0 Å². The smallest absolute Gasteiger partial charge is 0.324 e. The first-order valence-corrected chi connectivity index (χ1v) is 5.35. The second kappa shape index (κ2) is 6.23. The molecule has 0 aromatic rings. The zero-order valence-corrected chi connectivity index (χ0v) is 10.9. The van der Waals surface area contributed by atoms with Crippen molar-refractivity contribution < 1.29 is 19.1 Å². The van der Waals surface area contributed by atoms with Crippen LogP contribution in [0.5, 0.6) is 0 Å². The summed E-state index contributed by atoms with van der Waals surface area (Å²) in [4.78, 5) is 24.0. The summed E-state index contributed by atoms with van der Waals surface area (Å²) in [5, 5.41) is 0. The molecule has 0 saturated heterocycles. The van der Waals surface area contributed by atoms with Gasteiger partial charge in [0.15, 0.2) is 5.41 Å². The number of carbonyl (C=O) groups is 2. The monoisotopic (exact) mass is 240 g/mol. The summed E-state index contributed by atoms with van der Waals surface area (Å²) in [7, 11) is 2.48. The Balaban J connectivity index is 5.86. The zero-order chi connectivity index (χ0) is 13.6. The Hall–Kier alpha value is -1.58. The van der Waals surface area contributed by atoms with Gasteiger partial charge in [0.1, 0.15) is 0 Å². The average Bonchev–Trinajstić information content (AvgIpc) is 2.37. The molecule has 0 heterocycles. The molecule has 96 valence electrons.